The molecule has 0 amide bonds. The molecule has 0 aliphatic rings. The minimum atomic E-state index is 0.494. The van der Waals surface area contributed by atoms with E-state index in [4.69, 9.17) is 16.7 Å². The van der Waals surface area contributed by atoms with E-state index in [2.05, 4.69) is 35.7 Å². The highest BCUT2D eigenvalue weighted by Crippen LogP contribution is 2.14. The number of aryl methyl sites for hydroxylation is 3. The number of hydrogen-bond acceptors (Lipinski definition) is 3. The predicted molar refractivity (Wildman–Crippen MR) is 77.0 cm³/mol. The number of rotatable bonds is 2. The van der Waals surface area contributed by atoms with Gasteiger partial charge in [0.2, 0.25) is 0 Å². The van der Waals surface area contributed by atoms with Crippen LogP contribution >= 0.6 is 12.2 Å². The van der Waals surface area contributed by atoms with E-state index < -0.39 is 0 Å². The van der Waals surface area contributed by atoms with Crippen LogP contribution in [-0.4, -0.2) is 10.3 Å². The first-order valence-corrected chi connectivity index (χ1v) is 6.03. The van der Waals surface area contributed by atoms with Crippen LogP contribution in [0.15, 0.2) is 28.8 Å². The highest BCUT2D eigenvalue weighted by molar-refractivity contribution is 7.80. The molecular weight excluding hydrogens is 246 g/mol. The lowest BCUT2D eigenvalue weighted by molar-refractivity contribution is 0.400. The molecular formula is C13H15N3OS. The van der Waals surface area contributed by atoms with Crippen LogP contribution in [0.1, 0.15) is 16.9 Å². The molecule has 2 N–H and O–H groups in total. The molecule has 5 heteroatoms. The molecule has 1 heterocycles. The van der Waals surface area contributed by atoms with Gasteiger partial charge in [0.15, 0.2) is 10.9 Å². The summed E-state index contributed by atoms with van der Waals surface area (Å²) in [7, 11) is 0. The summed E-state index contributed by atoms with van der Waals surface area (Å²) in [5, 5.41) is 10.4. The van der Waals surface area contributed by atoms with Gasteiger partial charge in [-0.3, -0.25) is 0 Å². The number of anilines is 2. The maximum Gasteiger partial charge on any atom is 0.176 e. The number of nitrogens with one attached hydrogen (secondary N) is 2. The van der Waals surface area contributed by atoms with E-state index in [1.165, 1.54) is 11.1 Å². The summed E-state index contributed by atoms with van der Waals surface area (Å²) >= 11 is 5.21. The van der Waals surface area contributed by atoms with Crippen molar-refractivity contribution in [3.8, 4) is 0 Å². The molecule has 0 spiro atoms. The minimum Gasteiger partial charge on any atom is -0.360 e. The lowest BCUT2D eigenvalue weighted by Crippen LogP contribution is -2.19. The number of hydrogen-bond donors (Lipinski definition) is 2. The van der Waals surface area contributed by atoms with Gasteiger partial charge in [-0.2, -0.15) is 0 Å². The van der Waals surface area contributed by atoms with Gasteiger partial charge in [0, 0.05) is 11.8 Å². The Kier molecular flexibility index (Phi) is 3.62. The summed E-state index contributed by atoms with van der Waals surface area (Å²) in [6.07, 6.45) is 0. The highest BCUT2D eigenvalue weighted by Gasteiger charge is 2.03. The molecule has 0 radical (unpaired) electrons. The second-order valence-electron chi connectivity index (χ2n) is 4.28. The van der Waals surface area contributed by atoms with Crippen molar-refractivity contribution in [2.45, 2.75) is 20.8 Å². The summed E-state index contributed by atoms with van der Waals surface area (Å²) in [6.45, 7) is 5.93. The van der Waals surface area contributed by atoms with Crippen molar-refractivity contribution in [3.05, 3.63) is 41.2 Å². The van der Waals surface area contributed by atoms with Gasteiger partial charge in [-0.15, -0.1) is 0 Å². The SMILES string of the molecule is Cc1cc(C)cc(NC(=S)Nc2cc(C)on2)c1. The fourth-order valence-electron chi connectivity index (χ4n) is 1.75. The van der Waals surface area contributed by atoms with Crippen molar-refractivity contribution in [1.82, 2.24) is 5.16 Å². The van der Waals surface area contributed by atoms with E-state index >= 15 is 0 Å². The second kappa shape index (κ2) is 5.18. The standard InChI is InChI=1S/C13H15N3OS/c1-8-4-9(2)6-11(5-8)14-13(18)15-12-7-10(3)17-16-12/h4-7H,1-3H3,(H2,14,15,16,18). The van der Waals surface area contributed by atoms with Gasteiger partial charge >= 0.3 is 0 Å². The zero-order chi connectivity index (χ0) is 13.1. The normalized spacial score (nSPS) is 10.2. The molecule has 0 fully saturated rings. The fraction of sp³-hybridized carbons (Fsp3) is 0.231. The van der Waals surface area contributed by atoms with Crippen molar-refractivity contribution >= 4 is 28.8 Å². The first kappa shape index (κ1) is 12.6. The highest BCUT2D eigenvalue weighted by atomic mass is 32.1. The van der Waals surface area contributed by atoms with Gasteiger partial charge in [0.05, 0.1) is 0 Å². The molecule has 0 bridgehead atoms. The lowest BCUT2D eigenvalue weighted by atomic mass is 10.1. The van der Waals surface area contributed by atoms with Gasteiger partial charge in [-0.1, -0.05) is 11.2 Å². The second-order valence-corrected chi connectivity index (χ2v) is 4.69. The third kappa shape index (κ3) is 3.30. The van der Waals surface area contributed by atoms with Gasteiger partial charge in [0.1, 0.15) is 5.76 Å². The molecule has 0 saturated carbocycles. The van der Waals surface area contributed by atoms with Crippen molar-refractivity contribution in [2.24, 2.45) is 0 Å². The Morgan fingerprint density at radius 1 is 1.06 bits per heavy atom. The van der Waals surface area contributed by atoms with E-state index in [0.717, 1.165) is 11.4 Å². The van der Waals surface area contributed by atoms with E-state index in [1.807, 2.05) is 19.1 Å². The average Bonchev–Trinajstić information content (AvgIpc) is 2.61. The molecule has 2 aromatic rings. The molecule has 0 unspecified atom stereocenters. The molecule has 0 aliphatic carbocycles. The zero-order valence-corrected chi connectivity index (χ0v) is 11.4. The molecule has 18 heavy (non-hydrogen) atoms. The Morgan fingerprint density at radius 2 is 1.72 bits per heavy atom. The first-order valence-electron chi connectivity index (χ1n) is 5.62. The summed E-state index contributed by atoms with van der Waals surface area (Å²) in [5.41, 5.74) is 3.35. The summed E-state index contributed by atoms with van der Waals surface area (Å²) in [6, 6.07) is 7.97. The summed E-state index contributed by atoms with van der Waals surface area (Å²) in [5.74, 6) is 1.35. The van der Waals surface area contributed by atoms with Crippen molar-refractivity contribution < 1.29 is 4.52 Å². The molecule has 1 aromatic carbocycles. The van der Waals surface area contributed by atoms with Crippen LogP contribution in [-0.2, 0) is 0 Å². The summed E-state index contributed by atoms with van der Waals surface area (Å²) in [4.78, 5) is 0. The van der Waals surface area contributed by atoms with Crippen molar-refractivity contribution in [1.29, 1.82) is 0 Å². The Hall–Kier alpha value is -1.88. The van der Waals surface area contributed by atoms with Crippen LogP contribution in [0.4, 0.5) is 11.5 Å². The number of benzene rings is 1. The Balaban J connectivity index is 2.02. The molecule has 0 saturated heterocycles. The number of nitrogens with zero attached hydrogens (tertiary/aromatic N) is 1. The van der Waals surface area contributed by atoms with Crippen LogP contribution in [0.2, 0.25) is 0 Å². The summed E-state index contributed by atoms with van der Waals surface area (Å²) < 4.78 is 4.95. The van der Waals surface area contributed by atoms with E-state index in [0.29, 0.717) is 10.9 Å². The lowest BCUT2D eigenvalue weighted by Gasteiger charge is -2.09. The molecule has 94 valence electrons. The Labute approximate surface area is 111 Å². The Morgan fingerprint density at radius 3 is 2.28 bits per heavy atom. The molecule has 2 rings (SSSR count). The first-order chi connectivity index (χ1) is 8.52. The smallest absolute Gasteiger partial charge is 0.176 e. The predicted octanol–water partition coefficient (Wildman–Crippen LogP) is 3.41. The third-order valence-electron chi connectivity index (χ3n) is 2.35. The van der Waals surface area contributed by atoms with Gasteiger partial charge < -0.3 is 15.2 Å². The van der Waals surface area contributed by atoms with Crippen LogP contribution in [0.3, 0.4) is 0 Å². The third-order valence-corrected chi connectivity index (χ3v) is 2.55. The maximum absolute atomic E-state index is 5.21. The maximum atomic E-state index is 5.21. The number of aromatic nitrogens is 1. The zero-order valence-electron chi connectivity index (χ0n) is 10.6. The average molecular weight is 261 g/mol. The molecule has 1 aromatic heterocycles. The van der Waals surface area contributed by atoms with Gasteiger partial charge in [0.25, 0.3) is 0 Å². The van der Waals surface area contributed by atoms with Gasteiger partial charge in [-0.05, 0) is 56.2 Å². The molecule has 0 atom stereocenters. The minimum absolute atomic E-state index is 0.494. The van der Waals surface area contributed by atoms with Crippen molar-refractivity contribution in [3.63, 3.8) is 0 Å². The van der Waals surface area contributed by atoms with E-state index in [-0.39, 0.29) is 0 Å². The topological polar surface area (TPSA) is 50.1 Å². The van der Waals surface area contributed by atoms with Crippen LogP contribution < -0.4 is 10.6 Å². The fourth-order valence-corrected chi connectivity index (χ4v) is 1.97. The van der Waals surface area contributed by atoms with Gasteiger partial charge in [-0.25, -0.2) is 0 Å². The van der Waals surface area contributed by atoms with Crippen LogP contribution in [0, 0.1) is 20.8 Å². The monoisotopic (exact) mass is 261 g/mol. The van der Waals surface area contributed by atoms with Crippen molar-refractivity contribution in [2.75, 3.05) is 10.6 Å². The van der Waals surface area contributed by atoms with E-state index in [1.54, 1.807) is 6.07 Å². The quantitative estimate of drug-likeness (QED) is 0.811. The Bertz CT molecular complexity index is 557. The van der Waals surface area contributed by atoms with Crippen LogP contribution in [0.5, 0.6) is 0 Å². The molecule has 4 nitrogen and oxygen atoms in total. The van der Waals surface area contributed by atoms with E-state index in [9.17, 15) is 0 Å². The largest absolute Gasteiger partial charge is 0.360 e. The van der Waals surface area contributed by atoms with Crippen LogP contribution in [0.25, 0.3) is 0 Å². The number of thiocarbonyl (C=S) groups is 1. The molecule has 0 aliphatic heterocycles.